The number of amides is 2. The van der Waals surface area contributed by atoms with Crippen LogP contribution in [0, 0.1) is 5.82 Å². The number of aliphatic carboxylic acids is 1. The molecule has 0 saturated carbocycles. The van der Waals surface area contributed by atoms with Crippen molar-refractivity contribution in [1.29, 1.82) is 0 Å². The van der Waals surface area contributed by atoms with Crippen LogP contribution in [0.1, 0.15) is 17.9 Å². The first-order chi connectivity index (χ1) is 9.38. The maximum absolute atomic E-state index is 13.2. The fourth-order valence-electron chi connectivity index (χ4n) is 2.20. The summed E-state index contributed by atoms with van der Waals surface area (Å²) >= 11 is 0. The fourth-order valence-corrected chi connectivity index (χ4v) is 2.20. The molecule has 6 nitrogen and oxygen atoms in total. The molecule has 1 aliphatic rings. The number of carboxylic acids is 1. The third-order valence-corrected chi connectivity index (χ3v) is 3.10. The van der Waals surface area contributed by atoms with Gasteiger partial charge in [-0.1, -0.05) is 6.07 Å². The highest BCUT2D eigenvalue weighted by Gasteiger charge is 2.33. The number of carboxylic acid groups (broad SMARTS) is 1. The normalized spacial score (nSPS) is 17.1. The molecule has 0 bridgehead atoms. The molecule has 0 saturated heterocycles. The quantitative estimate of drug-likeness (QED) is 0.857. The van der Waals surface area contributed by atoms with E-state index >= 15 is 0 Å². The van der Waals surface area contributed by atoms with Crippen molar-refractivity contribution in [3.8, 4) is 0 Å². The van der Waals surface area contributed by atoms with E-state index in [-0.39, 0.29) is 12.1 Å². The minimum atomic E-state index is -1.14. The molecule has 1 aromatic rings. The van der Waals surface area contributed by atoms with Gasteiger partial charge in [0.15, 0.2) is 0 Å². The number of benzene rings is 1. The van der Waals surface area contributed by atoms with Crippen LogP contribution in [0.25, 0.3) is 0 Å². The minimum Gasteiger partial charge on any atom is -0.480 e. The van der Waals surface area contributed by atoms with Crippen LogP contribution in [-0.4, -0.2) is 41.4 Å². The topological polar surface area (TPSA) is 86.7 Å². The van der Waals surface area contributed by atoms with E-state index in [0.717, 1.165) is 11.0 Å². The van der Waals surface area contributed by atoms with E-state index < -0.39 is 36.1 Å². The first-order valence-corrected chi connectivity index (χ1v) is 5.94. The fraction of sp³-hybridized carbons (Fsp3) is 0.308. The minimum absolute atomic E-state index is 0.0819. The maximum Gasteiger partial charge on any atom is 0.323 e. The molecule has 0 aromatic heterocycles. The van der Waals surface area contributed by atoms with Gasteiger partial charge in [-0.05, 0) is 17.7 Å². The van der Waals surface area contributed by atoms with Crippen molar-refractivity contribution in [3.63, 3.8) is 0 Å². The Morgan fingerprint density at radius 3 is 2.85 bits per heavy atom. The van der Waals surface area contributed by atoms with Crippen LogP contribution in [0.4, 0.5) is 10.1 Å². The molecule has 1 heterocycles. The Kier molecular flexibility index (Phi) is 3.69. The number of likely N-dealkylation sites (N-methyl/N-ethyl adjacent to an activating group) is 1. The highest BCUT2D eigenvalue weighted by molar-refractivity contribution is 6.01. The number of anilines is 1. The Morgan fingerprint density at radius 1 is 1.50 bits per heavy atom. The van der Waals surface area contributed by atoms with E-state index in [0.29, 0.717) is 5.56 Å². The van der Waals surface area contributed by atoms with Gasteiger partial charge in [0.05, 0.1) is 5.92 Å². The molecule has 1 unspecified atom stereocenters. The summed E-state index contributed by atoms with van der Waals surface area (Å²) in [7, 11) is 1.35. The Hall–Kier alpha value is -2.44. The molecule has 2 N–H and O–H groups in total. The molecule has 0 aliphatic carbocycles. The summed E-state index contributed by atoms with van der Waals surface area (Å²) in [6.07, 6.45) is -0.0819. The lowest BCUT2D eigenvalue weighted by Crippen LogP contribution is -2.38. The van der Waals surface area contributed by atoms with Gasteiger partial charge in [0.2, 0.25) is 11.8 Å². The average Bonchev–Trinajstić information content (AvgIpc) is 2.35. The highest BCUT2D eigenvalue weighted by Crippen LogP contribution is 2.33. The molecular weight excluding hydrogens is 267 g/mol. The number of fused-ring (bicyclic) bond motifs is 1. The van der Waals surface area contributed by atoms with Crippen molar-refractivity contribution in [1.82, 2.24) is 4.90 Å². The molecule has 0 fully saturated rings. The lowest BCUT2D eigenvalue weighted by molar-refractivity contribution is -0.144. The van der Waals surface area contributed by atoms with E-state index in [1.165, 1.54) is 19.2 Å². The van der Waals surface area contributed by atoms with E-state index in [4.69, 9.17) is 5.11 Å². The highest BCUT2D eigenvalue weighted by atomic mass is 19.1. The lowest BCUT2D eigenvalue weighted by Gasteiger charge is -2.27. The monoisotopic (exact) mass is 280 g/mol. The molecule has 20 heavy (non-hydrogen) atoms. The second-order valence-corrected chi connectivity index (χ2v) is 4.62. The van der Waals surface area contributed by atoms with Crippen LogP contribution in [0.5, 0.6) is 0 Å². The van der Waals surface area contributed by atoms with Crippen molar-refractivity contribution in [2.24, 2.45) is 0 Å². The number of nitrogens with one attached hydrogen (secondary N) is 1. The van der Waals surface area contributed by atoms with Gasteiger partial charge < -0.3 is 15.3 Å². The van der Waals surface area contributed by atoms with Crippen molar-refractivity contribution in [2.75, 3.05) is 18.9 Å². The molecule has 7 heteroatoms. The molecule has 2 amide bonds. The first-order valence-electron chi connectivity index (χ1n) is 5.94. The maximum atomic E-state index is 13.2. The summed E-state index contributed by atoms with van der Waals surface area (Å²) in [4.78, 5) is 35.5. The zero-order valence-electron chi connectivity index (χ0n) is 10.7. The first kappa shape index (κ1) is 14.0. The SMILES string of the molecule is CN(CC(=O)O)C(=O)C1CC(=O)Nc2cc(F)ccc21. The van der Waals surface area contributed by atoms with Crippen LogP contribution >= 0.6 is 0 Å². The largest absolute Gasteiger partial charge is 0.480 e. The number of hydrogen-bond acceptors (Lipinski definition) is 3. The number of carbonyl (C=O) groups is 3. The lowest BCUT2D eigenvalue weighted by atomic mass is 9.89. The molecule has 0 radical (unpaired) electrons. The predicted octanol–water partition coefficient (Wildman–Crippen LogP) is 0.794. The Bertz CT molecular complexity index is 588. The Labute approximate surface area is 114 Å². The number of halogens is 1. The standard InChI is InChI=1S/C13H13FN2O4/c1-16(6-12(18)19)13(20)9-5-11(17)15-10-4-7(14)2-3-8(9)10/h2-4,9H,5-6H2,1H3,(H,15,17)(H,18,19). The van der Waals surface area contributed by atoms with Crippen molar-refractivity contribution in [3.05, 3.63) is 29.6 Å². The van der Waals surface area contributed by atoms with Crippen LogP contribution < -0.4 is 5.32 Å². The van der Waals surface area contributed by atoms with Crippen LogP contribution in [-0.2, 0) is 14.4 Å². The van der Waals surface area contributed by atoms with Crippen LogP contribution in [0.2, 0.25) is 0 Å². The third kappa shape index (κ3) is 2.76. The van der Waals surface area contributed by atoms with Gasteiger partial charge in [-0.25, -0.2) is 4.39 Å². The van der Waals surface area contributed by atoms with Crippen LogP contribution in [0.3, 0.4) is 0 Å². The number of rotatable bonds is 3. The summed E-state index contributed by atoms with van der Waals surface area (Å²) in [5, 5.41) is 11.2. The van der Waals surface area contributed by atoms with E-state index in [9.17, 15) is 18.8 Å². The zero-order chi connectivity index (χ0) is 14.9. The van der Waals surface area contributed by atoms with Crippen LogP contribution in [0.15, 0.2) is 18.2 Å². The third-order valence-electron chi connectivity index (χ3n) is 3.10. The van der Waals surface area contributed by atoms with Gasteiger partial charge >= 0.3 is 5.97 Å². The summed E-state index contributed by atoms with van der Waals surface area (Å²) in [5.74, 6) is -3.32. The van der Waals surface area contributed by atoms with E-state index in [2.05, 4.69) is 5.32 Å². The zero-order valence-corrected chi connectivity index (χ0v) is 10.7. The average molecular weight is 280 g/mol. The van der Waals surface area contributed by atoms with E-state index in [1.54, 1.807) is 0 Å². The van der Waals surface area contributed by atoms with Crippen molar-refractivity contribution < 1.29 is 23.9 Å². The van der Waals surface area contributed by atoms with E-state index in [1.807, 2.05) is 0 Å². The summed E-state index contributed by atoms with van der Waals surface area (Å²) in [6, 6.07) is 3.78. The predicted molar refractivity (Wildman–Crippen MR) is 67.7 cm³/mol. The molecule has 1 atom stereocenters. The van der Waals surface area contributed by atoms with Gasteiger partial charge in [-0.2, -0.15) is 0 Å². The molecule has 0 spiro atoms. The smallest absolute Gasteiger partial charge is 0.323 e. The number of carbonyl (C=O) groups excluding carboxylic acids is 2. The Morgan fingerprint density at radius 2 is 2.20 bits per heavy atom. The molecular formula is C13H13FN2O4. The Balaban J connectivity index is 2.31. The van der Waals surface area contributed by atoms with Gasteiger partial charge in [-0.3, -0.25) is 14.4 Å². The summed E-state index contributed by atoms with van der Waals surface area (Å²) in [6.45, 7) is -0.451. The number of hydrogen-bond donors (Lipinski definition) is 2. The molecule has 2 rings (SSSR count). The second-order valence-electron chi connectivity index (χ2n) is 4.62. The summed E-state index contributed by atoms with van der Waals surface area (Å²) < 4.78 is 13.2. The van der Waals surface area contributed by atoms with Gasteiger partial charge in [0.25, 0.3) is 0 Å². The van der Waals surface area contributed by atoms with Gasteiger partial charge in [-0.15, -0.1) is 0 Å². The van der Waals surface area contributed by atoms with Gasteiger partial charge in [0.1, 0.15) is 12.4 Å². The van der Waals surface area contributed by atoms with Gasteiger partial charge in [0, 0.05) is 19.2 Å². The summed E-state index contributed by atoms with van der Waals surface area (Å²) in [5.41, 5.74) is 0.747. The van der Waals surface area contributed by atoms with Crippen molar-refractivity contribution >= 4 is 23.5 Å². The molecule has 1 aromatic carbocycles. The van der Waals surface area contributed by atoms with Crippen molar-refractivity contribution in [2.45, 2.75) is 12.3 Å². The molecule has 1 aliphatic heterocycles. The molecule has 106 valence electrons. The second kappa shape index (κ2) is 5.28. The number of nitrogens with zero attached hydrogens (tertiary/aromatic N) is 1.